The molecule has 1 heterocycles. The fraction of sp³-hybridized carbons (Fsp3) is 0.100. The van der Waals surface area contributed by atoms with Crippen LogP contribution in [0.2, 0.25) is 0 Å². The van der Waals surface area contributed by atoms with Crippen molar-refractivity contribution >= 4 is 29.6 Å². The zero-order chi connectivity index (χ0) is 10.7. The van der Waals surface area contributed by atoms with Gasteiger partial charge in [0.1, 0.15) is 6.33 Å². The summed E-state index contributed by atoms with van der Waals surface area (Å²) in [6.07, 6.45) is 2.39. The number of hydrogen-bond acceptors (Lipinski definition) is 5. The minimum absolute atomic E-state index is 0.704. The molecule has 0 saturated carbocycles. The molecule has 0 bridgehead atoms. The minimum atomic E-state index is 0.704. The summed E-state index contributed by atoms with van der Waals surface area (Å²) in [5, 5.41) is 0. The van der Waals surface area contributed by atoms with Crippen LogP contribution in [0.1, 0.15) is 15.9 Å². The molecule has 5 heteroatoms. The summed E-state index contributed by atoms with van der Waals surface area (Å²) < 4.78 is 4.76. The van der Waals surface area contributed by atoms with Crippen molar-refractivity contribution in [2.24, 2.45) is 0 Å². The number of nitrogens with zero attached hydrogens (tertiary/aromatic N) is 2. The fourth-order valence-corrected chi connectivity index (χ4v) is 2.63. The molecule has 0 atom stereocenters. The molecule has 0 aliphatic heterocycles. The van der Waals surface area contributed by atoms with E-state index in [1.807, 2.05) is 25.1 Å². The lowest BCUT2D eigenvalue weighted by atomic mass is 10.2. The van der Waals surface area contributed by atoms with Crippen molar-refractivity contribution in [1.29, 1.82) is 0 Å². The zero-order valence-electron chi connectivity index (χ0n) is 8.01. The summed E-state index contributed by atoms with van der Waals surface area (Å²) in [5.41, 5.74) is 1.79. The van der Waals surface area contributed by atoms with Gasteiger partial charge in [0.05, 0.1) is 0 Å². The molecule has 0 aliphatic rings. The molecule has 0 fully saturated rings. The second kappa shape index (κ2) is 4.55. The first-order chi connectivity index (χ1) is 7.29. The number of hydrogen-bond donors (Lipinski definition) is 0. The lowest BCUT2D eigenvalue weighted by Crippen LogP contribution is -1.86. The maximum absolute atomic E-state index is 10.9. The quantitative estimate of drug-likeness (QED) is 0.768. The average molecular weight is 236 g/mol. The molecule has 0 N–H and O–H groups in total. The van der Waals surface area contributed by atoms with Crippen LogP contribution in [0.15, 0.2) is 33.8 Å². The maximum Gasteiger partial charge on any atom is 0.174 e. The van der Waals surface area contributed by atoms with E-state index in [-0.39, 0.29) is 0 Å². The van der Waals surface area contributed by atoms with Crippen molar-refractivity contribution in [1.82, 2.24) is 9.36 Å². The normalized spacial score (nSPS) is 10.2. The molecule has 0 aliphatic carbocycles. The average Bonchev–Trinajstić information content (AvgIpc) is 2.73. The van der Waals surface area contributed by atoms with Crippen LogP contribution in [0, 0.1) is 6.92 Å². The van der Waals surface area contributed by atoms with Crippen LogP contribution in [-0.2, 0) is 0 Å². The molecular formula is C10H8N2OS2. The minimum Gasteiger partial charge on any atom is -0.298 e. The Morgan fingerprint density at radius 3 is 3.00 bits per heavy atom. The van der Waals surface area contributed by atoms with E-state index in [0.29, 0.717) is 5.56 Å². The summed E-state index contributed by atoms with van der Waals surface area (Å²) in [6, 6.07) is 5.79. The van der Waals surface area contributed by atoms with E-state index in [1.165, 1.54) is 29.6 Å². The smallest absolute Gasteiger partial charge is 0.174 e. The van der Waals surface area contributed by atoms with E-state index in [2.05, 4.69) is 9.36 Å². The van der Waals surface area contributed by atoms with Gasteiger partial charge in [-0.1, -0.05) is 23.4 Å². The van der Waals surface area contributed by atoms with E-state index in [0.717, 1.165) is 21.1 Å². The zero-order valence-corrected chi connectivity index (χ0v) is 9.64. The molecular weight excluding hydrogens is 228 g/mol. The molecule has 0 amide bonds. The topological polar surface area (TPSA) is 42.9 Å². The van der Waals surface area contributed by atoms with E-state index in [1.54, 1.807) is 0 Å². The fourth-order valence-electron chi connectivity index (χ4n) is 1.15. The van der Waals surface area contributed by atoms with Crippen molar-refractivity contribution < 1.29 is 4.79 Å². The monoisotopic (exact) mass is 236 g/mol. The molecule has 1 aromatic carbocycles. The summed E-state index contributed by atoms with van der Waals surface area (Å²) in [7, 11) is 0. The van der Waals surface area contributed by atoms with E-state index in [4.69, 9.17) is 0 Å². The van der Waals surface area contributed by atoms with E-state index >= 15 is 0 Å². The third kappa shape index (κ3) is 2.43. The van der Waals surface area contributed by atoms with E-state index < -0.39 is 0 Å². The molecule has 0 saturated heterocycles. The van der Waals surface area contributed by atoms with E-state index in [9.17, 15) is 4.79 Å². The molecule has 15 heavy (non-hydrogen) atoms. The standard InChI is InChI=1S/C10H8N2OS2/c1-7-2-3-9(8(4-7)5-13)14-10-11-6-12-15-10/h2-6H,1H3. The third-order valence-corrected chi connectivity index (χ3v) is 3.64. The predicted octanol–water partition coefficient (Wildman–Crippen LogP) is 2.81. The molecule has 2 aromatic rings. The Hall–Kier alpha value is -1.20. The number of aldehydes is 1. The highest BCUT2D eigenvalue weighted by molar-refractivity contribution is 8.01. The second-order valence-corrected chi connectivity index (χ2v) is 5.04. The summed E-state index contributed by atoms with van der Waals surface area (Å²) in [6.45, 7) is 1.96. The first kappa shape index (κ1) is 10.3. The number of carbonyl (C=O) groups excluding carboxylic acids is 1. The largest absolute Gasteiger partial charge is 0.298 e. The van der Waals surface area contributed by atoms with Crippen molar-refractivity contribution in [3.05, 3.63) is 35.7 Å². The van der Waals surface area contributed by atoms with Crippen LogP contribution in [0.25, 0.3) is 0 Å². The van der Waals surface area contributed by atoms with Crippen molar-refractivity contribution in [2.45, 2.75) is 16.2 Å². The maximum atomic E-state index is 10.9. The molecule has 0 spiro atoms. The Bertz CT molecular complexity index is 468. The van der Waals surface area contributed by atoms with Gasteiger partial charge in [-0.15, -0.1) is 0 Å². The van der Waals surface area contributed by atoms with Crippen LogP contribution in [0.4, 0.5) is 0 Å². The molecule has 2 rings (SSSR count). The third-order valence-electron chi connectivity index (χ3n) is 1.83. The van der Waals surface area contributed by atoms with Crippen LogP contribution < -0.4 is 0 Å². The first-order valence-electron chi connectivity index (χ1n) is 4.30. The van der Waals surface area contributed by atoms with Gasteiger partial charge in [0.25, 0.3) is 0 Å². The molecule has 1 aromatic heterocycles. The van der Waals surface area contributed by atoms with Gasteiger partial charge < -0.3 is 0 Å². The number of aryl methyl sites for hydroxylation is 1. The van der Waals surface area contributed by atoms with Gasteiger partial charge in [0.15, 0.2) is 10.6 Å². The van der Waals surface area contributed by atoms with Gasteiger partial charge in [-0.3, -0.25) is 4.79 Å². The molecule has 3 nitrogen and oxygen atoms in total. The summed E-state index contributed by atoms with van der Waals surface area (Å²) >= 11 is 2.79. The van der Waals surface area contributed by atoms with Gasteiger partial charge in [-0.05, 0) is 30.6 Å². The number of aromatic nitrogens is 2. The van der Waals surface area contributed by atoms with Crippen LogP contribution in [-0.4, -0.2) is 15.6 Å². The lowest BCUT2D eigenvalue weighted by Gasteiger charge is -2.02. The predicted molar refractivity (Wildman–Crippen MR) is 60.6 cm³/mol. The summed E-state index contributed by atoms with van der Waals surface area (Å²) in [5.74, 6) is 0. The van der Waals surface area contributed by atoms with Gasteiger partial charge in [0.2, 0.25) is 0 Å². The van der Waals surface area contributed by atoms with Gasteiger partial charge >= 0.3 is 0 Å². The number of benzene rings is 1. The SMILES string of the molecule is Cc1ccc(Sc2ncns2)c(C=O)c1. The Morgan fingerprint density at radius 2 is 2.33 bits per heavy atom. The highest BCUT2D eigenvalue weighted by atomic mass is 32.2. The van der Waals surface area contributed by atoms with Gasteiger partial charge in [0, 0.05) is 10.5 Å². The number of rotatable bonds is 3. The lowest BCUT2D eigenvalue weighted by molar-refractivity contribution is 0.112. The summed E-state index contributed by atoms with van der Waals surface area (Å²) in [4.78, 5) is 15.8. The Morgan fingerprint density at radius 1 is 1.47 bits per heavy atom. The van der Waals surface area contributed by atoms with Crippen molar-refractivity contribution in [2.75, 3.05) is 0 Å². The Kier molecular flexibility index (Phi) is 3.13. The van der Waals surface area contributed by atoms with Gasteiger partial charge in [-0.2, -0.15) is 4.37 Å². The molecule has 0 unspecified atom stereocenters. The highest BCUT2D eigenvalue weighted by Crippen LogP contribution is 2.30. The van der Waals surface area contributed by atoms with Crippen LogP contribution in [0.3, 0.4) is 0 Å². The first-order valence-corrected chi connectivity index (χ1v) is 5.89. The van der Waals surface area contributed by atoms with Crippen LogP contribution in [0.5, 0.6) is 0 Å². The highest BCUT2D eigenvalue weighted by Gasteiger charge is 2.06. The molecule has 76 valence electrons. The Labute approximate surface area is 95.7 Å². The van der Waals surface area contributed by atoms with Crippen molar-refractivity contribution in [3.63, 3.8) is 0 Å². The van der Waals surface area contributed by atoms with Crippen LogP contribution >= 0.6 is 23.3 Å². The second-order valence-electron chi connectivity index (χ2n) is 2.97. The molecule has 0 radical (unpaired) electrons. The van der Waals surface area contributed by atoms with Crippen molar-refractivity contribution in [3.8, 4) is 0 Å². The Balaban J connectivity index is 2.32. The number of carbonyl (C=O) groups is 1. The van der Waals surface area contributed by atoms with Gasteiger partial charge in [-0.25, -0.2) is 4.98 Å².